The monoisotopic (exact) mass is 329 g/mol. The number of benzene rings is 2. The highest BCUT2D eigenvalue weighted by molar-refractivity contribution is 5.92. The first-order valence-electron chi connectivity index (χ1n) is 8.28. The lowest BCUT2D eigenvalue weighted by Crippen LogP contribution is -1.86. The molecule has 124 valence electrons. The molecule has 2 aromatic heterocycles. The number of hydrogen-bond donors (Lipinski definition) is 1. The Balaban J connectivity index is 1.89. The fraction of sp³-hybridized carbons (Fsp3) is 0.143. The third kappa shape index (κ3) is 2.87. The second kappa shape index (κ2) is 6.06. The van der Waals surface area contributed by atoms with Crippen LogP contribution in [0.3, 0.4) is 0 Å². The summed E-state index contributed by atoms with van der Waals surface area (Å²) in [6.45, 7) is 5.88. The number of nitrogens with one attached hydrogen (secondary N) is 1. The Morgan fingerprint density at radius 2 is 1.80 bits per heavy atom. The van der Waals surface area contributed by atoms with Gasteiger partial charge in [0.15, 0.2) is 0 Å². The van der Waals surface area contributed by atoms with Crippen LogP contribution in [0.5, 0.6) is 0 Å². The molecule has 2 heterocycles. The number of rotatable bonds is 3. The predicted octanol–water partition coefficient (Wildman–Crippen LogP) is 5.31. The summed E-state index contributed by atoms with van der Waals surface area (Å²) in [5.41, 5.74) is 7.24. The molecule has 0 fully saturated rings. The van der Waals surface area contributed by atoms with Crippen molar-refractivity contribution in [3.8, 4) is 11.1 Å². The van der Waals surface area contributed by atoms with Crippen LogP contribution in [-0.4, -0.2) is 15.1 Å². The molecular weight excluding hydrogens is 310 g/mol. The molecule has 1 N–H and O–H groups in total. The third-order valence-corrected chi connectivity index (χ3v) is 4.31. The quantitative estimate of drug-likeness (QED) is 0.518. The second-order valence-electron chi connectivity index (χ2n) is 6.23. The van der Waals surface area contributed by atoms with Crippen LogP contribution in [-0.2, 0) is 0 Å². The average Bonchev–Trinajstić information content (AvgIpc) is 3.14. The normalized spacial score (nSPS) is 11.6. The smallest absolute Gasteiger partial charge is 0.141 e. The number of aromatic nitrogens is 3. The molecule has 2 aromatic carbocycles. The van der Waals surface area contributed by atoms with E-state index in [1.165, 1.54) is 0 Å². The van der Waals surface area contributed by atoms with Crippen LogP contribution in [0.2, 0.25) is 0 Å². The molecule has 0 aliphatic carbocycles. The Morgan fingerprint density at radius 3 is 2.52 bits per heavy atom. The zero-order valence-electron chi connectivity index (χ0n) is 14.5. The van der Waals surface area contributed by atoms with Gasteiger partial charge >= 0.3 is 0 Å². The summed E-state index contributed by atoms with van der Waals surface area (Å²) < 4.78 is 5.34. The molecule has 0 aliphatic heterocycles. The van der Waals surface area contributed by atoms with E-state index < -0.39 is 0 Å². The molecule has 0 saturated heterocycles. The summed E-state index contributed by atoms with van der Waals surface area (Å²) in [5, 5.41) is 4.08. The maximum Gasteiger partial charge on any atom is 0.141 e. The van der Waals surface area contributed by atoms with E-state index in [2.05, 4.69) is 51.5 Å². The van der Waals surface area contributed by atoms with Crippen molar-refractivity contribution in [2.24, 2.45) is 0 Å². The highest BCUT2D eigenvalue weighted by Gasteiger charge is 2.14. The lowest BCUT2D eigenvalue weighted by atomic mass is 10.00. The minimum Gasteiger partial charge on any atom is -0.361 e. The maximum absolute atomic E-state index is 5.34. The molecular formula is C21H19N3O. The maximum atomic E-state index is 5.34. The summed E-state index contributed by atoms with van der Waals surface area (Å²) in [6.07, 6.45) is 4.22. The van der Waals surface area contributed by atoms with Crippen LogP contribution in [0.4, 0.5) is 0 Å². The van der Waals surface area contributed by atoms with Gasteiger partial charge in [-0.25, -0.2) is 4.98 Å². The van der Waals surface area contributed by atoms with Crippen LogP contribution in [0.25, 0.3) is 34.3 Å². The number of fused-ring (bicyclic) bond motifs is 1. The first-order chi connectivity index (χ1) is 12.1. The fourth-order valence-electron chi connectivity index (χ4n) is 3.18. The number of H-pyrrole nitrogens is 1. The van der Waals surface area contributed by atoms with Crippen LogP contribution >= 0.6 is 0 Å². The van der Waals surface area contributed by atoms with Gasteiger partial charge in [0.05, 0.1) is 16.7 Å². The average molecular weight is 329 g/mol. The Labute approximate surface area is 146 Å². The van der Waals surface area contributed by atoms with Crippen molar-refractivity contribution < 1.29 is 4.52 Å². The number of nitrogens with zero attached hydrogens (tertiary/aromatic N) is 2. The summed E-state index contributed by atoms with van der Waals surface area (Å²) in [5.74, 6) is 1.73. The predicted molar refractivity (Wildman–Crippen MR) is 101 cm³/mol. The number of imidazole rings is 1. The van der Waals surface area contributed by atoms with Gasteiger partial charge in [-0.3, -0.25) is 0 Å². The van der Waals surface area contributed by atoms with Gasteiger partial charge in [0.25, 0.3) is 0 Å². The molecule has 0 aliphatic rings. The van der Waals surface area contributed by atoms with Crippen molar-refractivity contribution in [3.05, 3.63) is 70.9 Å². The van der Waals surface area contributed by atoms with Gasteiger partial charge in [-0.15, -0.1) is 0 Å². The van der Waals surface area contributed by atoms with Gasteiger partial charge in [-0.05, 0) is 44.0 Å². The summed E-state index contributed by atoms with van der Waals surface area (Å²) in [7, 11) is 0. The standard InChI is InChI=1S/C21H19N3O/c1-13-20(14(2)25-24-13)18-11-17(10-9-16-7-5-4-6-8-16)21-19(12-18)22-15(3)23-21/h4-12H,1-3H3,(H,22,23). The minimum absolute atomic E-state index is 0.825. The van der Waals surface area contributed by atoms with Crippen molar-refractivity contribution in [2.45, 2.75) is 20.8 Å². The van der Waals surface area contributed by atoms with E-state index in [4.69, 9.17) is 4.52 Å². The van der Waals surface area contributed by atoms with Gasteiger partial charge in [0, 0.05) is 11.1 Å². The van der Waals surface area contributed by atoms with Crippen molar-refractivity contribution in [1.29, 1.82) is 0 Å². The minimum atomic E-state index is 0.825. The second-order valence-corrected chi connectivity index (χ2v) is 6.23. The summed E-state index contributed by atoms with van der Waals surface area (Å²) in [6, 6.07) is 14.5. The fourth-order valence-corrected chi connectivity index (χ4v) is 3.18. The van der Waals surface area contributed by atoms with E-state index in [-0.39, 0.29) is 0 Å². The molecule has 0 radical (unpaired) electrons. The van der Waals surface area contributed by atoms with E-state index >= 15 is 0 Å². The highest BCUT2D eigenvalue weighted by atomic mass is 16.5. The molecule has 0 saturated carbocycles. The van der Waals surface area contributed by atoms with Gasteiger partial charge in [-0.2, -0.15) is 0 Å². The molecule has 0 bridgehead atoms. The van der Waals surface area contributed by atoms with Gasteiger partial charge in [-0.1, -0.05) is 47.6 Å². The largest absolute Gasteiger partial charge is 0.361 e. The summed E-state index contributed by atoms with van der Waals surface area (Å²) >= 11 is 0. The van der Waals surface area contributed by atoms with Crippen LogP contribution in [0.1, 0.15) is 28.4 Å². The molecule has 25 heavy (non-hydrogen) atoms. The highest BCUT2D eigenvalue weighted by Crippen LogP contribution is 2.32. The van der Waals surface area contributed by atoms with E-state index in [9.17, 15) is 0 Å². The topological polar surface area (TPSA) is 54.7 Å². The SMILES string of the molecule is Cc1nc2c(C=Cc3ccccc3)cc(-c3c(C)noc3C)cc2[nH]1. The molecule has 4 heteroatoms. The molecule has 0 unspecified atom stereocenters. The van der Waals surface area contributed by atoms with E-state index in [0.717, 1.165) is 50.6 Å². The lowest BCUT2D eigenvalue weighted by molar-refractivity contribution is 0.393. The molecule has 4 aromatic rings. The van der Waals surface area contributed by atoms with Crippen molar-refractivity contribution in [3.63, 3.8) is 0 Å². The molecule has 4 rings (SSSR count). The zero-order valence-corrected chi connectivity index (χ0v) is 14.5. The molecule has 0 amide bonds. The van der Waals surface area contributed by atoms with Crippen LogP contribution < -0.4 is 0 Å². The molecule has 0 spiro atoms. The number of aryl methyl sites for hydroxylation is 3. The number of hydrogen-bond acceptors (Lipinski definition) is 3. The summed E-state index contributed by atoms with van der Waals surface area (Å²) in [4.78, 5) is 7.99. The first-order valence-corrected chi connectivity index (χ1v) is 8.28. The molecule has 4 nitrogen and oxygen atoms in total. The van der Waals surface area contributed by atoms with Crippen molar-refractivity contribution >= 4 is 23.2 Å². The van der Waals surface area contributed by atoms with Gasteiger partial charge in [0.1, 0.15) is 11.6 Å². The Bertz CT molecular complexity index is 1050. The lowest BCUT2D eigenvalue weighted by Gasteiger charge is -2.04. The Kier molecular flexibility index (Phi) is 3.73. The van der Waals surface area contributed by atoms with E-state index in [1.54, 1.807) is 0 Å². The zero-order chi connectivity index (χ0) is 17.4. The van der Waals surface area contributed by atoms with Gasteiger partial charge in [0.2, 0.25) is 0 Å². The first kappa shape index (κ1) is 15.4. The van der Waals surface area contributed by atoms with Crippen molar-refractivity contribution in [2.75, 3.05) is 0 Å². The molecule has 0 atom stereocenters. The van der Waals surface area contributed by atoms with E-state index in [0.29, 0.717) is 0 Å². The third-order valence-electron chi connectivity index (χ3n) is 4.31. The Hall–Kier alpha value is -3.14. The van der Waals surface area contributed by atoms with Gasteiger partial charge < -0.3 is 9.51 Å². The van der Waals surface area contributed by atoms with Crippen LogP contribution in [0.15, 0.2) is 47.0 Å². The number of aromatic amines is 1. The Morgan fingerprint density at radius 1 is 1.00 bits per heavy atom. The van der Waals surface area contributed by atoms with E-state index in [1.807, 2.05) is 39.0 Å². The van der Waals surface area contributed by atoms with Crippen LogP contribution in [0, 0.1) is 20.8 Å². The van der Waals surface area contributed by atoms with Crippen molar-refractivity contribution in [1.82, 2.24) is 15.1 Å².